The number of aromatic nitrogens is 4. The Kier molecular flexibility index (Phi) is 6.13. The summed E-state index contributed by atoms with van der Waals surface area (Å²) >= 11 is 2.15. The number of hydrogen-bond acceptors (Lipinski definition) is 8. The van der Waals surface area contributed by atoms with E-state index >= 15 is 0 Å². The summed E-state index contributed by atoms with van der Waals surface area (Å²) in [5.41, 5.74) is 2.76. The lowest BCUT2D eigenvalue weighted by Crippen LogP contribution is -2.45. The van der Waals surface area contributed by atoms with Crippen molar-refractivity contribution in [3.05, 3.63) is 44.0 Å². The van der Waals surface area contributed by atoms with Gasteiger partial charge in [-0.25, -0.2) is 9.97 Å². The van der Waals surface area contributed by atoms with Crippen molar-refractivity contribution < 1.29 is 9.47 Å². The van der Waals surface area contributed by atoms with Crippen molar-refractivity contribution in [3.63, 3.8) is 0 Å². The Hall–Kier alpha value is -2.31. The minimum absolute atomic E-state index is 0.0475. The highest BCUT2D eigenvalue weighted by atomic mass is 127. The highest BCUT2D eigenvalue weighted by Crippen LogP contribution is 2.34. The molecule has 1 N–H and O–H groups in total. The number of halogens is 1. The van der Waals surface area contributed by atoms with Gasteiger partial charge in [0.05, 0.1) is 28.7 Å². The van der Waals surface area contributed by atoms with Crippen LogP contribution in [0.2, 0.25) is 0 Å². The number of piperidine rings is 1. The Bertz CT molecular complexity index is 1290. The normalized spacial score (nSPS) is 20.2. The van der Waals surface area contributed by atoms with E-state index < -0.39 is 0 Å². The van der Waals surface area contributed by atoms with Gasteiger partial charge in [0, 0.05) is 43.6 Å². The van der Waals surface area contributed by atoms with Crippen LogP contribution in [0.25, 0.3) is 11.0 Å². The van der Waals surface area contributed by atoms with E-state index in [1.54, 1.807) is 0 Å². The second kappa shape index (κ2) is 9.29. The van der Waals surface area contributed by atoms with Crippen molar-refractivity contribution in [3.8, 4) is 0 Å². The molecule has 3 fully saturated rings. The molecule has 10 heteroatoms. The van der Waals surface area contributed by atoms with Crippen LogP contribution < -0.4 is 15.8 Å². The van der Waals surface area contributed by atoms with Crippen LogP contribution in [0, 0.1) is 10.5 Å². The largest absolute Gasteiger partial charge is 0.370 e. The molecular weight excluding hydrogens is 559 g/mol. The van der Waals surface area contributed by atoms with Crippen LogP contribution in [0.3, 0.4) is 0 Å². The summed E-state index contributed by atoms with van der Waals surface area (Å²) in [5.74, 6) is 0.732. The molecule has 1 spiro atoms. The fourth-order valence-electron chi connectivity index (χ4n) is 5.52. The maximum atomic E-state index is 13.2. The minimum atomic E-state index is -0.380. The van der Waals surface area contributed by atoms with Gasteiger partial charge in [0.25, 0.3) is 5.56 Å². The lowest BCUT2D eigenvalue weighted by Gasteiger charge is -2.38. The average molecular weight is 588 g/mol. The van der Waals surface area contributed by atoms with Crippen LogP contribution in [0.15, 0.2) is 29.3 Å². The molecule has 0 aromatic carbocycles. The third-order valence-corrected chi connectivity index (χ3v) is 8.79. The van der Waals surface area contributed by atoms with Crippen molar-refractivity contribution in [1.82, 2.24) is 19.5 Å². The van der Waals surface area contributed by atoms with E-state index in [-0.39, 0.29) is 17.4 Å². The van der Waals surface area contributed by atoms with Crippen LogP contribution in [-0.4, -0.2) is 51.6 Å². The van der Waals surface area contributed by atoms with E-state index in [4.69, 9.17) is 14.5 Å². The number of nitrogens with zero attached hydrogens (tertiary/aromatic N) is 5. The second-order valence-electron chi connectivity index (χ2n) is 9.60. The molecule has 35 heavy (non-hydrogen) atoms. The summed E-state index contributed by atoms with van der Waals surface area (Å²) in [6.07, 6.45) is 9.73. The Morgan fingerprint density at radius 1 is 1.09 bits per heavy atom. The lowest BCUT2D eigenvalue weighted by molar-refractivity contribution is -0.169. The zero-order valence-corrected chi connectivity index (χ0v) is 22.0. The predicted octanol–water partition coefficient (Wildman–Crippen LogP) is 4.30. The Morgan fingerprint density at radius 2 is 1.83 bits per heavy atom. The molecule has 3 aromatic rings. The van der Waals surface area contributed by atoms with Gasteiger partial charge in [-0.3, -0.25) is 9.36 Å². The van der Waals surface area contributed by atoms with E-state index in [0.717, 1.165) is 71.8 Å². The molecule has 0 atom stereocenters. The molecule has 3 aromatic heterocycles. The van der Waals surface area contributed by atoms with E-state index in [1.165, 1.54) is 0 Å². The zero-order chi connectivity index (χ0) is 24.0. The number of rotatable bonds is 4. The van der Waals surface area contributed by atoms with Gasteiger partial charge in [0.2, 0.25) is 5.95 Å². The smallest absolute Gasteiger partial charge is 0.266 e. The molecule has 0 amide bonds. The fourth-order valence-corrected chi connectivity index (χ4v) is 6.07. The first-order chi connectivity index (χ1) is 17.0. The lowest BCUT2D eigenvalue weighted by atomic mass is 10.0. The van der Waals surface area contributed by atoms with Crippen LogP contribution in [0.1, 0.15) is 50.1 Å². The molecule has 1 saturated carbocycles. The molecule has 6 rings (SSSR count). The average Bonchev–Trinajstić information content (AvgIpc) is 3.57. The molecule has 2 aliphatic heterocycles. The van der Waals surface area contributed by atoms with Gasteiger partial charge in [0.1, 0.15) is 11.5 Å². The first-order valence-electron chi connectivity index (χ1n) is 12.4. The number of pyridine rings is 2. The number of anilines is 3. The van der Waals surface area contributed by atoms with Gasteiger partial charge in [-0.05, 0) is 60.1 Å². The molecule has 0 unspecified atom stereocenters. The standard InChI is InChI=1S/C25H29IN6O3/c1-16-19-15-28-24(30-22(19)32(23(33)21(16)26)17-4-2-3-5-17)29-20-7-6-18(14-27-20)31-10-8-25(9-11-31)34-12-13-35-25/h6-7,14-15,17H,2-5,8-13H2,1H3,(H,27,28,29,30). The highest BCUT2D eigenvalue weighted by molar-refractivity contribution is 14.1. The summed E-state index contributed by atoms with van der Waals surface area (Å²) in [4.78, 5) is 29.4. The van der Waals surface area contributed by atoms with Crippen LogP contribution in [0.5, 0.6) is 0 Å². The first-order valence-corrected chi connectivity index (χ1v) is 13.4. The molecule has 9 nitrogen and oxygen atoms in total. The summed E-state index contributed by atoms with van der Waals surface area (Å²) in [5, 5.41) is 4.15. The fraction of sp³-hybridized carbons (Fsp3) is 0.520. The number of nitrogens with one attached hydrogen (secondary N) is 1. The Balaban J connectivity index is 1.23. The Morgan fingerprint density at radius 3 is 2.51 bits per heavy atom. The molecule has 0 radical (unpaired) electrons. The van der Waals surface area contributed by atoms with Gasteiger partial charge >= 0.3 is 0 Å². The number of ether oxygens (including phenoxy) is 2. The quantitative estimate of drug-likeness (QED) is 0.451. The van der Waals surface area contributed by atoms with Gasteiger partial charge < -0.3 is 19.7 Å². The van der Waals surface area contributed by atoms with Crippen LogP contribution in [0.4, 0.5) is 17.5 Å². The van der Waals surface area contributed by atoms with Crippen molar-refractivity contribution in [2.24, 2.45) is 0 Å². The van der Waals surface area contributed by atoms with E-state index in [1.807, 2.05) is 30.0 Å². The van der Waals surface area contributed by atoms with Crippen molar-refractivity contribution >= 4 is 51.1 Å². The Labute approximate surface area is 217 Å². The van der Waals surface area contributed by atoms with Gasteiger partial charge in [0.15, 0.2) is 5.79 Å². The molecular formula is C25H29IN6O3. The first kappa shape index (κ1) is 23.1. The SMILES string of the molecule is Cc1c(I)c(=O)n(C2CCCC2)c2nc(Nc3ccc(N4CCC5(CC4)OCCO5)cn3)ncc12. The molecule has 3 aliphatic rings. The van der Waals surface area contributed by atoms with Gasteiger partial charge in [-0.1, -0.05) is 12.8 Å². The third kappa shape index (κ3) is 4.29. The maximum absolute atomic E-state index is 13.2. The van der Waals surface area contributed by atoms with E-state index in [0.29, 0.717) is 30.6 Å². The number of fused-ring (bicyclic) bond motifs is 1. The molecule has 5 heterocycles. The predicted molar refractivity (Wildman–Crippen MR) is 142 cm³/mol. The zero-order valence-electron chi connectivity index (χ0n) is 19.8. The van der Waals surface area contributed by atoms with Gasteiger partial charge in [-0.2, -0.15) is 4.98 Å². The van der Waals surface area contributed by atoms with Crippen molar-refractivity contribution in [1.29, 1.82) is 0 Å². The summed E-state index contributed by atoms with van der Waals surface area (Å²) < 4.78 is 14.3. The molecule has 1 aliphatic carbocycles. The minimum Gasteiger partial charge on any atom is -0.370 e. The summed E-state index contributed by atoms with van der Waals surface area (Å²) in [6, 6.07) is 4.20. The topological polar surface area (TPSA) is 94.4 Å². The third-order valence-electron chi connectivity index (χ3n) is 7.52. The van der Waals surface area contributed by atoms with Crippen molar-refractivity contribution in [2.45, 2.75) is 57.3 Å². The van der Waals surface area contributed by atoms with Crippen LogP contribution in [-0.2, 0) is 9.47 Å². The number of hydrogen-bond donors (Lipinski definition) is 1. The molecule has 2 saturated heterocycles. The maximum Gasteiger partial charge on any atom is 0.266 e. The molecule has 0 bridgehead atoms. The second-order valence-corrected chi connectivity index (χ2v) is 10.7. The van der Waals surface area contributed by atoms with Crippen molar-refractivity contribution in [2.75, 3.05) is 36.5 Å². The monoisotopic (exact) mass is 588 g/mol. The van der Waals surface area contributed by atoms with Crippen LogP contribution >= 0.6 is 22.6 Å². The van der Waals surface area contributed by atoms with E-state index in [9.17, 15) is 4.79 Å². The molecule has 184 valence electrons. The highest BCUT2D eigenvalue weighted by Gasteiger charge is 2.39. The van der Waals surface area contributed by atoms with E-state index in [2.05, 4.69) is 48.8 Å². The number of aryl methyl sites for hydroxylation is 1. The van der Waals surface area contributed by atoms with Gasteiger partial charge in [-0.15, -0.1) is 0 Å². The summed E-state index contributed by atoms with van der Waals surface area (Å²) in [7, 11) is 0. The summed E-state index contributed by atoms with van der Waals surface area (Å²) in [6.45, 7) is 5.09.